The van der Waals surface area contributed by atoms with Gasteiger partial charge in [-0.3, -0.25) is 14.7 Å². The molecule has 1 saturated heterocycles. The number of nitrogens with one attached hydrogen (secondary N) is 1. The minimum atomic E-state index is -4.35. The summed E-state index contributed by atoms with van der Waals surface area (Å²) < 4.78 is 43.7. The molecule has 0 radical (unpaired) electrons. The number of ether oxygens (including phenoxy) is 1. The number of benzene rings is 1. The van der Waals surface area contributed by atoms with Crippen molar-refractivity contribution in [2.45, 2.75) is 38.9 Å². The lowest BCUT2D eigenvalue weighted by atomic mass is 9.97. The fourth-order valence-corrected chi connectivity index (χ4v) is 4.03. The molecule has 0 spiro atoms. The summed E-state index contributed by atoms with van der Waals surface area (Å²) >= 11 is 0. The van der Waals surface area contributed by atoms with E-state index in [1.54, 1.807) is 19.2 Å². The number of rotatable bonds is 7. The molecule has 6 nitrogen and oxygen atoms in total. The predicted molar refractivity (Wildman–Crippen MR) is 130 cm³/mol. The lowest BCUT2D eigenvalue weighted by Gasteiger charge is -2.35. The Morgan fingerprint density at radius 1 is 1.22 bits per heavy atom. The van der Waals surface area contributed by atoms with Crippen LogP contribution in [0.4, 0.5) is 13.2 Å². The zero-order valence-electron chi connectivity index (χ0n) is 19.1. The molecule has 1 heterocycles. The molecule has 32 heavy (non-hydrogen) atoms. The number of alkyl halides is 3. The molecule has 1 unspecified atom stereocenters. The van der Waals surface area contributed by atoms with Crippen LogP contribution in [0.5, 0.6) is 0 Å². The van der Waals surface area contributed by atoms with Gasteiger partial charge in [-0.2, -0.15) is 13.2 Å². The quantitative estimate of drug-likeness (QED) is 0.231. The van der Waals surface area contributed by atoms with Crippen molar-refractivity contribution >= 4 is 35.9 Å². The van der Waals surface area contributed by atoms with E-state index in [0.29, 0.717) is 32.5 Å². The Bertz CT molecular complexity index is 732. The molecule has 0 saturated carbocycles. The number of likely N-dealkylation sites (N-methyl/N-ethyl adjacent to an activating group) is 1. The number of guanidine groups is 1. The second kappa shape index (κ2) is 13.2. The van der Waals surface area contributed by atoms with E-state index in [9.17, 15) is 18.0 Å². The molecule has 0 aliphatic carbocycles. The highest BCUT2D eigenvalue weighted by molar-refractivity contribution is 14.0. The summed E-state index contributed by atoms with van der Waals surface area (Å²) in [6.07, 6.45) is -2.95. The first-order chi connectivity index (χ1) is 14.7. The van der Waals surface area contributed by atoms with Crippen LogP contribution >= 0.6 is 24.0 Å². The largest absolute Gasteiger partial charge is 0.469 e. The van der Waals surface area contributed by atoms with Gasteiger partial charge >= 0.3 is 12.1 Å². The number of piperidine rings is 1. The van der Waals surface area contributed by atoms with Gasteiger partial charge in [0, 0.05) is 26.7 Å². The van der Waals surface area contributed by atoms with Crippen LogP contribution in [0.3, 0.4) is 0 Å². The third-order valence-corrected chi connectivity index (χ3v) is 5.87. The van der Waals surface area contributed by atoms with Crippen molar-refractivity contribution in [2.75, 3.05) is 46.9 Å². The Labute approximate surface area is 205 Å². The molecule has 2 rings (SSSR count). The number of nitrogens with zero attached hydrogens (tertiary/aromatic N) is 3. The maximum Gasteiger partial charge on any atom is 0.416 e. The van der Waals surface area contributed by atoms with Gasteiger partial charge in [-0.1, -0.05) is 26.0 Å². The number of carbonyl (C=O) groups is 1. The average molecular weight is 570 g/mol. The second-order valence-corrected chi connectivity index (χ2v) is 7.57. The van der Waals surface area contributed by atoms with Gasteiger partial charge in [0.1, 0.15) is 0 Å². The van der Waals surface area contributed by atoms with Crippen LogP contribution in [-0.4, -0.2) is 68.6 Å². The highest BCUT2D eigenvalue weighted by atomic mass is 127. The molecule has 0 aromatic heterocycles. The third kappa shape index (κ3) is 7.50. The van der Waals surface area contributed by atoms with Crippen molar-refractivity contribution in [3.63, 3.8) is 0 Å². The standard InChI is InChI=1S/C22H33F3N4O2.HI/c1-5-28(6-2)19(16-7-9-18(10-8-16)22(23,24)25)15-27-21(26-3)29-13-11-17(12-14-29)20(30)31-4;/h7-10,17,19H,5-6,11-15H2,1-4H3,(H,26,27);1H. The fraction of sp³-hybridized carbons (Fsp3) is 0.636. The van der Waals surface area contributed by atoms with E-state index < -0.39 is 11.7 Å². The van der Waals surface area contributed by atoms with Gasteiger partial charge in [-0.15, -0.1) is 24.0 Å². The molecule has 1 aromatic rings. The van der Waals surface area contributed by atoms with Crippen LogP contribution in [0, 0.1) is 5.92 Å². The van der Waals surface area contributed by atoms with Crippen molar-refractivity contribution in [1.29, 1.82) is 0 Å². The molecule has 0 amide bonds. The first-order valence-corrected chi connectivity index (χ1v) is 10.7. The molecular weight excluding hydrogens is 536 g/mol. The summed E-state index contributed by atoms with van der Waals surface area (Å²) in [6.45, 7) is 7.50. The van der Waals surface area contributed by atoms with Crippen LogP contribution < -0.4 is 5.32 Å². The minimum absolute atomic E-state index is 0. The van der Waals surface area contributed by atoms with Crippen molar-refractivity contribution < 1.29 is 22.7 Å². The lowest BCUT2D eigenvalue weighted by Crippen LogP contribution is -2.48. The van der Waals surface area contributed by atoms with E-state index in [0.717, 1.165) is 36.7 Å². The molecule has 1 aliphatic heterocycles. The first kappa shape index (κ1) is 28.5. The second-order valence-electron chi connectivity index (χ2n) is 7.57. The van der Waals surface area contributed by atoms with Gasteiger partial charge in [0.25, 0.3) is 0 Å². The molecule has 1 atom stereocenters. The van der Waals surface area contributed by atoms with Crippen molar-refractivity contribution in [3.05, 3.63) is 35.4 Å². The molecule has 1 aliphatic rings. The Hall–Kier alpha value is -1.56. The molecule has 1 N–H and O–H groups in total. The van der Waals surface area contributed by atoms with Crippen LogP contribution in [0.25, 0.3) is 0 Å². The average Bonchev–Trinajstić information content (AvgIpc) is 2.78. The number of aliphatic imine (C=N–C) groups is 1. The maximum absolute atomic E-state index is 12.9. The SMILES string of the molecule is CCN(CC)C(CNC(=NC)N1CCC(C(=O)OC)CC1)c1ccc(C(F)(F)F)cc1.I. The summed E-state index contributed by atoms with van der Waals surface area (Å²) in [7, 11) is 3.11. The number of halogens is 4. The van der Waals surface area contributed by atoms with Crippen LogP contribution in [-0.2, 0) is 15.7 Å². The van der Waals surface area contributed by atoms with Crippen LogP contribution in [0.15, 0.2) is 29.3 Å². The Kier molecular flexibility index (Phi) is 11.8. The number of likely N-dealkylation sites (tertiary alicyclic amines) is 1. The predicted octanol–water partition coefficient (Wildman–Crippen LogP) is 4.17. The fourth-order valence-electron chi connectivity index (χ4n) is 4.03. The highest BCUT2D eigenvalue weighted by Crippen LogP contribution is 2.30. The Morgan fingerprint density at radius 3 is 2.22 bits per heavy atom. The number of carbonyl (C=O) groups excluding carboxylic acids is 1. The van der Waals surface area contributed by atoms with E-state index in [1.807, 2.05) is 13.8 Å². The van der Waals surface area contributed by atoms with Crippen molar-refractivity contribution in [2.24, 2.45) is 10.9 Å². The summed E-state index contributed by atoms with van der Waals surface area (Å²) in [5, 5.41) is 3.39. The van der Waals surface area contributed by atoms with Gasteiger partial charge in [0.2, 0.25) is 0 Å². The van der Waals surface area contributed by atoms with Crippen molar-refractivity contribution in [3.8, 4) is 0 Å². The monoisotopic (exact) mass is 570 g/mol. The third-order valence-electron chi connectivity index (χ3n) is 5.87. The molecular formula is C22H34F3IN4O2. The van der Waals surface area contributed by atoms with E-state index in [1.165, 1.54) is 7.11 Å². The van der Waals surface area contributed by atoms with E-state index >= 15 is 0 Å². The van der Waals surface area contributed by atoms with E-state index in [4.69, 9.17) is 4.74 Å². The number of methoxy groups -OCH3 is 1. The zero-order valence-corrected chi connectivity index (χ0v) is 21.4. The summed E-state index contributed by atoms with van der Waals surface area (Å²) in [4.78, 5) is 20.4. The molecule has 1 aromatic carbocycles. The molecule has 182 valence electrons. The summed E-state index contributed by atoms with van der Waals surface area (Å²) in [5.74, 6) is 0.466. The zero-order chi connectivity index (χ0) is 23.0. The van der Waals surface area contributed by atoms with Crippen LogP contribution in [0.1, 0.15) is 43.9 Å². The molecule has 10 heteroatoms. The van der Waals surface area contributed by atoms with E-state index in [-0.39, 0.29) is 41.9 Å². The minimum Gasteiger partial charge on any atom is -0.469 e. The first-order valence-electron chi connectivity index (χ1n) is 10.7. The van der Waals surface area contributed by atoms with Gasteiger partial charge < -0.3 is 15.0 Å². The van der Waals surface area contributed by atoms with E-state index in [2.05, 4.69) is 20.1 Å². The topological polar surface area (TPSA) is 57.2 Å². The van der Waals surface area contributed by atoms with Crippen molar-refractivity contribution in [1.82, 2.24) is 15.1 Å². The Balaban J connectivity index is 0.00000512. The van der Waals surface area contributed by atoms with Gasteiger partial charge in [0.05, 0.1) is 24.6 Å². The number of hydrogen-bond donors (Lipinski definition) is 1. The summed E-state index contributed by atoms with van der Waals surface area (Å²) in [6, 6.07) is 5.29. The normalized spacial score (nSPS) is 16.5. The van der Waals surface area contributed by atoms with Gasteiger partial charge in [0.15, 0.2) is 5.96 Å². The van der Waals surface area contributed by atoms with Gasteiger partial charge in [-0.05, 0) is 43.6 Å². The molecule has 1 fully saturated rings. The summed E-state index contributed by atoms with van der Waals surface area (Å²) in [5.41, 5.74) is 0.177. The Morgan fingerprint density at radius 2 is 1.78 bits per heavy atom. The smallest absolute Gasteiger partial charge is 0.416 e. The number of hydrogen-bond acceptors (Lipinski definition) is 4. The van der Waals surface area contributed by atoms with Crippen LogP contribution in [0.2, 0.25) is 0 Å². The van der Waals surface area contributed by atoms with Gasteiger partial charge in [-0.25, -0.2) is 0 Å². The lowest BCUT2D eigenvalue weighted by molar-refractivity contribution is -0.146. The number of esters is 1. The maximum atomic E-state index is 12.9. The highest BCUT2D eigenvalue weighted by Gasteiger charge is 2.31. The molecule has 0 bridgehead atoms.